The van der Waals surface area contributed by atoms with Gasteiger partial charge in [-0.15, -0.1) is 0 Å². The van der Waals surface area contributed by atoms with Crippen molar-refractivity contribution in [2.45, 2.75) is 46.0 Å². The molecule has 0 aliphatic carbocycles. The van der Waals surface area contributed by atoms with Crippen LogP contribution < -0.4 is 4.90 Å². The maximum absolute atomic E-state index is 4.94. The average molecular weight is 294 g/mol. The third-order valence-corrected chi connectivity index (χ3v) is 4.66. The monoisotopic (exact) mass is 294 g/mol. The van der Waals surface area contributed by atoms with Gasteiger partial charge in [0.05, 0.1) is 5.69 Å². The van der Waals surface area contributed by atoms with E-state index in [1.54, 1.807) is 0 Å². The van der Waals surface area contributed by atoms with Crippen LogP contribution >= 0.6 is 0 Å². The summed E-state index contributed by atoms with van der Waals surface area (Å²) in [5.41, 5.74) is 7.81. The second-order valence-electron chi connectivity index (χ2n) is 6.99. The molecular formula is C20H26N2. The van der Waals surface area contributed by atoms with Crippen LogP contribution in [-0.2, 0) is 6.42 Å². The van der Waals surface area contributed by atoms with E-state index >= 15 is 0 Å². The van der Waals surface area contributed by atoms with Gasteiger partial charge >= 0.3 is 0 Å². The van der Waals surface area contributed by atoms with Crippen LogP contribution in [0.2, 0.25) is 0 Å². The first-order chi connectivity index (χ1) is 10.5. The van der Waals surface area contributed by atoms with Crippen LogP contribution in [0.1, 0.15) is 56.5 Å². The first kappa shape index (κ1) is 15.1. The van der Waals surface area contributed by atoms with Crippen LogP contribution in [0.5, 0.6) is 0 Å². The molecule has 116 valence electrons. The van der Waals surface area contributed by atoms with Crippen molar-refractivity contribution in [3.8, 4) is 11.1 Å². The average Bonchev–Trinajstić information content (AvgIpc) is 2.64. The fraction of sp³-hybridized carbons (Fsp3) is 0.450. The Bertz CT molecular complexity index is 686. The van der Waals surface area contributed by atoms with E-state index in [4.69, 9.17) is 4.98 Å². The molecule has 1 aromatic carbocycles. The molecule has 2 nitrogen and oxygen atoms in total. The molecule has 0 atom stereocenters. The van der Waals surface area contributed by atoms with Gasteiger partial charge < -0.3 is 4.90 Å². The molecule has 0 N–H and O–H groups in total. The maximum atomic E-state index is 4.94. The molecule has 0 amide bonds. The highest BCUT2D eigenvalue weighted by molar-refractivity contribution is 5.81. The van der Waals surface area contributed by atoms with E-state index < -0.39 is 0 Å². The molecule has 2 heterocycles. The molecule has 3 rings (SSSR count). The highest BCUT2D eigenvalue weighted by Crippen LogP contribution is 2.37. The Morgan fingerprint density at radius 3 is 2.36 bits per heavy atom. The molecular weight excluding hydrogens is 268 g/mol. The third-order valence-electron chi connectivity index (χ3n) is 4.66. The van der Waals surface area contributed by atoms with Gasteiger partial charge in [0.15, 0.2) is 0 Å². The molecule has 1 aliphatic heterocycles. The number of aromatic nitrogens is 1. The fourth-order valence-corrected chi connectivity index (χ4v) is 3.12. The molecule has 1 aromatic heterocycles. The van der Waals surface area contributed by atoms with Crippen LogP contribution in [0.25, 0.3) is 11.1 Å². The van der Waals surface area contributed by atoms with E-state index in [9.17, 15) is 0 Å². The quantitative estimate of drug-likeness (QED) is 0.776. The number of nitrogens with zero attached hydrogens (tertiary/aromatic N) is 2. The SMILES string of the molecule is CC(C)c1ccc2c(c1)N(C)CCc1nc(C(C)C)ccc1-2. The van der Waals surface area contributed by atoms with Crippen LogP contribution in [-0.4, -0.2) is 18.6 Å². The summed E-state index contributed by atoms with van der Waals surface area (Å²) in [6.07, 6.45) is 1.01. The molecule has 0 spiro atoms. The zero-order valence-corrected chi connectivity index (χ0v) is 14.4. The minimum Gasteiger partial charge on any atom is -0.374 e. The zero-order chi connectivity index (χ0) is 15.9. The largest absolute Gasteiger partial charge is 0.374 e. The van der Waals surface area contributed by atoms with Gasteiger partial charge in [0, 0.05) is 42.5 Å². The summed E-state index contributed by atoms with van der Waals surface area (Å²) in [6.45, 7) is 9.95. The second kappa shape index (κ2) is 5.75. The minimum absolute atomic E-state index is 0.481. The molecule has 0 unspecified atom stereocenters. The van der Waals surface area contributed by atoms with Gasteiger partial charge in [0.2, 0.25) is 0 Å². The summed E-state index contributed by atoms with van der Waals surface area (Å²) in [6, 6.07) is 11.4. The van der Waals surface area contributed by atoms with Gasteiger partial charge in [0.25, 0.3) is 0 Å². The Morgan fingerprint density at radius 2 is 1.68 bits per heavy atom. The molecule has 0 fully saturated rings. The fourth-order valence-electron chi connectivity index (χ4n) is 3.12. The minimum atomic E-state index is 0.481. The van der Waals surface area contributed by atoms with Gasteiger partial charge in [-0.3, -0.25) is 4.98 Å². The van der Waals surface area contributed by atoms with Crippen molar-refractivity contribution in [1.82, 2.24) is 4.98 Å². The van der Waals surface area contributed by atoms with E-state index in [0.29, 0.717) is 11.8 Å². The Labute approximate surface area is 134 Å². The second-order valence-corrected chi connectivity index (χ2v) is 6.99. The normalized spacial score (nSPS) is 14.0. The molecule has 2 heteroatoms. The van der Waals surface area contributed by atoms with E-state index in [-0.39, 0.29) is 0 Å². The molecule has 1 aliphatic rings. The molecule has 2 aromatic rings. The number of hydrogen-bond donors (Lipinski definition) is 0. The number of pyridine rings is 1. The summed E-state index contributed by atoms with van der Waals surface area (Å²) < 4.78 is 0. The van der Waals surface area contributed by atoms with Crippen molar-refractivity contribution in [1.29, 1.82) is 0 Å². The Kier molecular flexibility index (Phi) is 3.94. The van der Waals surface area contributed by atoms with Gasteiger partial charge in [-0.05, 0) is 29.5 Å². The predicted octanol–water partition coefficient (Wildman–Crippen LogP) is 4.99. The molecule has 0 bridgehead atoms. The van der Waals surface area contributed by atoms with Gasteiger partial charge in [0.1, 0.15) is 0 Å². The van der Waals surface area contributed by atoms with Crippen molar-refractivity contribution >= 4 is 5.69 Å². The maximum Gasteiger partial charge on any atom is 0.0503 e. The lowest BCUT2D eigenvalue weighted by atomic mass is 9.95. The van der Waals surface area contributed by atoms with Crippen molar-refractivity contribution in [3.05, 3.63) is 47.3 Å². The summed E-state index contributed by atoms with van der Waals surface area (Å²) in [4.78, 5) is 7.31. The van der Waals surface area contributed by atoms with Crippen molar-refractivity contribution in [2.75, 3.05) is 18.5 Å². The lowest BCUT2D eigenvalue weighted by Crippen LogP contribution is -2.19. The van der Waals surface area contributed by atoms with Gasteiger partial charge in [-0.2, -0.15) is 0 Å². The van der Waals surface area contributed by atoms with Crippen LogP contribution in [0, 0.1) is 0 Å². The van der Waals surface area contributed by atoms with E-state index in [1.165, 1.54) is 33.8 Å². The first-order valence-corrected chi connectivity index (χ1v) is 8.32. The molecule has 22 heavy (non-hydrogen) atoms. The van der Waals surface area contributed by atoms with Crippen LogP contribution in [0.3, 0.4) is 0 Å². The van der Waals surface area contributed by atoms with E-state index in [1.807, 2.05) is 0 Å². The standard InChI is InChI=1S/C20H26N2/c1-13(2)15-6-7-17-16-8-9-18(14(3)4)21-19(16)10-11-22(5)20(17)12-15/h6-9,12-14H,10-11H2,1-5H3. The van der Waals surface area contributed by atoms with E-state index in [2.05, 4.69) is 70.0 Å². The summed E-state index contributed by atoms with van der Waals surface area (Å²) >= 11 is 0. The zero-order valence-electron chi connectivity index (χ0n) is 14.4. The lowest BCUT2D eigenvalue weighted by molar-refractivity contribution is 0.794. The number of likely N-dealkylation sites (N-methyl/N-ethyl adjacent to an activating group) is 1. The smallest absolute Gasteiger partial charge is 0.0503 e. The molecule has 0 saturated carbocycles. The van der Waals surface area contributed by atoms with Crippen molar-refractivity contribution in [3.63, 3.8) is 0 Å². The third kappa shape index (κ3) is 2.63. The number of anilines is 1. The first-order valence-electron chi connectivity index (χ1n) is 8.32. The van der Waals surface area contributed by atoms with Crippen LogP contribution in [0.15, 0.2) is 30.3 Å². The number of benzene rings is 1. The Balaban J connectivity index is 2.15. The van der Waals surface area contributed by atoms with Crippen LogP contribution in [0.4, 0.5) is 5.69 Å². The molecule has 0 saturated heterocycles. The summed E-state index contributed by atoms with van der Waals surface area (Å²) in [5.74, 6) is 1.04. The number of rotatable bonds is 2. The van der Waals surface area contributed by atoms with Crippen molar-refractivity contribution < 1.29 is 0 Å². The molecule has 0 radical (unpaired) electrons. The van der Waals surface area contributed by atoms with Gasteiger partial charge in [-0.1, -0.05) is 45.9 Å². The summed E-state index contributed by atoms with van der Waals surface area (Å²) in [5, 5.41) is 0. The summed E-state index contributed by atoms with van der Waals surface area (Å²) in [7, 11) is 2.19. The predicted molar refractivity (Wildman–Crippen MR) is 94.8 cm³/mol. The highest BCUT2D eigenvalue weighted by Gasteiger charge is 2.20. The lowest BCUT2D eigenvalue weighted by Gasteiger charge is -2.21. The Hall–Kier alpha value is -1.83. The Morgan fingerprint density at radius 1 is 0.955 bits per heavy atom. The highest BCUT2D eigenvalue weighted by atomic mass is 15.1. The van der Waals surface area contributed by atoms with E-state index in [0.717, 1.165) is 13.0 Å². The number of fused-ring (bicyclic) bond motifs is 3. The van der Waals surface area contributed by atoms with Crippen molar-refractivity contribution in [2.24, 2.45) is 0 Å². The number of hydrogen-bond acceptors (Lipinski definition) is 2. The topological polar surface area (TPSA) is 16.1 Å². The van der Waals surface area contributed by atoms with Gasteiger partial charge in [-0.25, -0.2) is 0 Å².